The van der Waals surface area contributed by atoms with Gasteiger partial charge in [0.15, 0.2) is 0 Å². The SMILES string of the molecule is CCC(C)c1n[nH]c2c1CN(C(=O)CCc1ccccn1)CC2. The summed E-state index contributed by atoms with van der Waals surface area (Å²) in [6, 6.07) is 5.83. The van der Waals surface area contributed by atoms with Gasteiger partial charge in [-0.3, -0.25) is 14.9 Å². The van der Waals surface area contributed by atoms with Crippen LogP contribution in [0.3, 0.4) is 0 Å². The van der Waals surface area contributed by atoms with Crippen molar-refractivity contribution >= 4 is 5.91 Å². The largest absolute Gasteiger partial charge is 0.338 e. The van der Waals surface area contributed by atoms with Gasteiger partial charge in [-0.1, -0.05) is 19.9 Å². The molecule has 23 heavy (non-hydrogen) atoms. The van der Waals surface area contributed by atoms with E-state index in [0.717, 1.165) is 30.8 Å². The van der Waals surface area contributed by atoms with Gasteiger partial charge >= 0.3 is 0 Å². The Balaban J connectivity index is 1.64. The minimum absolute atomic E-state index is 0.206. The molecule has 0 bridgehead atoms. The zero-order valence-corrected chi connectivity index (χ0v) is 13.9. The van der Waals surface area contributed by atoms with Gasteiger partial charge in [0, 0.05) is 55.0 Å². The molecule has 1 N–H and O–H groups in total. The fourth-order valence-corrected chi connectivity index (χ4v) is 3.07. The molecule has 1 unspecified atom stereocenters. The molecule has 2 aromatic rings. The quantitative estimate of drug-likeness (QED) is 0.923. The van der Waals surface area contributed by atoms with E-state index in [0.29, 0.717) is 25.3 Å². The lowest BCUT2D eigenvalue weighted by Gasteiger charge is -2.28. The summed E-state index contributed by atoms with van der Waals surface area (Å²) in [4.78, 5) is 18.8. The summed E-state index contributed by atoms with van der Waals surface area (Å²) in [6.45, 7) is 5.82. The number of amides is 1. The van der Waals surface area contributed by atoms with Gasteiger partial charge in [-0.05, 0) is 25.0 Å². The van der Waals surface area contributed by atoms with Gasteiger partial charge in [0.1, 0.15) is 0 Å². The van der Waals surface area contributed by atoms with Crippen LogP contribution in [0.15, 0.2) is 24.4 Å². The van der Waals surface area contributed by atoms with Crippen LogP contribution >= 0.6 is 0 Å². The van der Waals surface area contributed by atoms with Crippen LogP contribution in [-0.2, 0) is 24.2 Å². The Morgan fingerprint density at radius 3 is 3.04 bits per heavy atom. The minimum Gasteiger partial charge on any atom is -0.338 e. The average Bonchev–Trinajstić information content (AvgIpc) is 3.03. The molecule has 5 heteroatoms. The maximum absolute atomic E-state index is 12.5. The summed E-state index contributed by atoms with van der Waals surface area (Å²) in [7, 11) is 0. The molecule has 3 heterocycles. The van der Waals surface area contributed by atoms with E-state index in [1.807, 2.05) is 23.1 Å². The van der Waals surface area contributed by atoms with E-state index in [1.165, 1.54) is 11.3 Å². The van der Waals surface area contributed by atoms with Crippen molar-refractivity contribution in [3.63, 3.8) is 0 Å². The van der Waals surface area contributed by atoms with Crippen LogP contribution in [0.5, 0.6) is 0 Å². The lowest BCUT2D eigenvalue weighted by molar-refractivity contribution is -0.132. The van der Waals surface area contributed by atoms with Crippen LogP contribution < -0.4 is 0 Å². The first kappa shape index (κ1) is 15.7. The maximum atomic E-state index is 12.5. The van der Waals surface area contributed by atoms with Gasteiger partial charge in [-0.25, -0.2) is 0 Å². The number of aryl methyl sites for hydroxylation is 1. The normalized spacial score (nSPS) is 15.3. The van der Waals surface area contributed by atoms with E-state index >= 15 is 0 Å². The zero-order chi connectivity index (χ0) is 16.2. The highest BCUT2D eigenvalue weighted by atomic mass is 16.2. The van der Waals surface area contributed by atoms with Gasteiger partial charge in [0.25, 0.3) is 0 Å². The number of carbonyl (C=O) groups excluding carboxylic acids is 1. The fraction of sp³-hybridized carbons (Fsp3) is 0.500. The zero-order valence-electron chi connectivity index (χ0n) is 13.9. The second-order valence-electron chi connectivity index (χ2n) is 6.26. The fourth-order valence-electron chi connectivity index (χ4n) is 3.07. The number of hydrogen-bond donors (Lipinski definition) is 1. The molecule has 0 aromatic carbocycles. The average molecular weight is 312 g/mol. The van der Waals surface area contributed by atoms with Crippen molar-refractivity contribution < 1.29 is 4.79 Å². The Morgan fingerprint density at radius 1 is 1.43 bits per heavy atom. The molecule has 0 saturated carbocycles. The van der Waals surface area contributed by atoms with E-state index in [2.05, 4.69) is 29.0 Å². The molecule has 1 amide bonds. The van der Waals surface area contributed by atoms with E-state index in [9.17, 15) is 4.79 Å². The van der Waals surface area contributed by atoms with E-state index < -0.39 is 0 Å². The molecule has 1 aliphatic heterocycles. The third kappa shape index (κ3) is 3.44. The number of hydrogen-bond acceptors (Lipinski definition) is 3. The van der Waals surface area contributed by atoms with Crippen LogP contribution in [-0.4, -0.2) is 32.5 Å². The number of fused-ring (bicyclic) bond motifs is 1. The van der Waals surface area contributed by atoms with Gasteiger partial charge < -0.3 is 4.90 Å². The predicted octanol–water partition coefficient (Wildman–Crippen LogP) is 2.84. The molecule has 0 fully saturated rings. The summed E-state index contributed by atoms with van der Waals surface area (Å²) in [5.74, 6) is 0.635. The van der Waals surface area contributed by atoms with Gasteiger partial charge in [-0.2, -0.15) is 5.10 Å². The predicted molar refractivity (Wildman–Crippen MR) is 89.0 cm³/mol. The van der Waals surface area contributed by atoms with Crippen LogP contribution in [0.4, 0.5) is 0 Å². The van der Waals surface area contributed by atoms with Crippen molar-refractivity contribution in [2.45, 2.75) is 52.0 Å². The monoisotopic (exact) mass is 312 g/mol. The number of rotatable bonds is 5. The molecule has 1 atom stereocenters. The van der Waals surface area contributed by atoms with Crippen molar-refractivity contribution in [3.05, 3.63) is 47.0 Å². The first-order valence-corrected chi connectivity index (χ1v) is 8.42. The third-order valence-electron chi connectivity index (χ3n) is 4.72. The van der Waals surface area contributed by atoms with Gasteiger partial charge in [0.05, 0.1) is 5.69 Å². The standard InChI is InChI=1S/C18H24N4O/c1-3-13(2)18-15-12-22(11-9-16(15)20-21-18)17(23)8-7-14-6-4-5-10-19-14/h4-6,10,13H,3,7-9,11-12H2,1-2H3,(H,20,21). The molecule has 0 saturated heterocycles. The number of pyridine rings is 1. The van der Waals surface area contributed by atoms with E-state index in [-0.39, 0.29) is 5.91 Å². The summed E-state index contributed by atoms with van der Waals surface area (Å²) >= 11 is 0. The molecule has 0 spiro atoms. The number of carbonyl (C=O) groups is 1. The Hall–Kier alpha value is -2.17. The molecule has 5 nitrogen and oxygen atoms in total. The third-order valence-corrected chi connectivity index (χ3v) is 4.72. The van der Waals surface area contributed by atoms with Crippen molar-refractivity contribution in [2.75, 3.05) is 6.54 Å². The topological polar surface area (TPSA) is 61.9 Å². The van der Waals surface area contributed by atoms with Crippen LogP contribution in [0.2, 0.25) is 0 Å². The highest BCUT2D eigenvalue weighted by Gasteiger charge is 2.26. The second-order valence-corrected chi connectivity index (χ2v) is 6.26. The molecule has 122 valence electrons. The Morgan fingerprint density at radius 2 is 2.30 bits per heavy atom. The van der Waals surface area contributed by atoms with Crippen LogP contribution in [0.1, 0.15) is 55.3 Å². The number of nitrogens with one attached hydrogen (secondary N) is 1. The summed E-state index contributed by atoms with van der Waals surface area (Å²) in [5, 5.41) is 7.64. The maximum Gasteiger partial charge on any atom is 0.223 e. The second kappa shape index (κ2) is 6.94. The molecule has 1 aliphatic rings. The molecular weight excluding hydrogens is 288 g/mol. The number of H-pyrrole nitrogens is 1. The number of aromatic nitrogens is 3. The van der Waals surface area contributed by atoms with Crippen molar-refractivity contribution in [1.82, 2.24) is 20.1 Å². The van der Waals surface area contributed by atoms with E-state index in [1.54, 1.807) is 6.20 Å². The molecule has 0 radical (unpaired) electrons. The Kier molecular flexibility index (Phi) is 4.74. The van der Waals surface area contributed by atoms with Crippen molar-refractivity contribution in [3.8, 4) is 0 Å². The van der Waals surface area contributed by atoms with Crippen LogP contribution in [0, 0.1) is 0 Å². The van der Waals surface area contributed by atoms with Crippen LogP contribution in [0.25, 0.3) is 0 Å². The number of aromatic amines is 1. The molecule has 2 aromatic heterocycles. The van der Waals surface area contributed by atoms with Crippen molar-refractivity contribution in [1.29, 1.82) is 0 Å². The Bertz CT molecular complexity index is 665. The molecular formula is C18H24N4O. The summed E-state index contributed by atoms with van der Waals surface area (Å²) in [5.41, 5.74) is 4.54. The molecule has 3 rings (SSSR count). The molecule has 0 aliphatic carbocycles. The highest BCUT2D eigenvalue weighted by Crippen LogP contribution is 2.27. The van der Waals surface area contributed by atoms with Crippen molar-refractivity contribution in [2.24, 2.45) is 0 Å². The lowest BCUT2D eigenvalue weighted by Crippen LogP contribution is -2.36. The summed E-state index contributed by atoms with van der Waals surface area (Å²) in [6.07, 6.45) is 4.92. The summed E-state index contributed by atoms with van der Waals surface area (Å²) < 4.78 is 0. The highest BCUT2D eigenvalue weighted by molar-refractivity contribution is 5.76. The smallest absolute Gasteiger partial charge is 0.223 e. The van der Waals surface area contributed by atoms with Gasteiger partial charge in [-0.15, -0.1) is 0 Å². The minimum atomic E-state index is 0.206. The Labute approximate surface area is 137 Å². The first-order valence-electron chi connectivity index (χ1n) is 8.42. The van der Waals surface area contributed by atoms with E-state index in [4.69, 9.17) is 0 Å². The first-order chi connectivity index (χ1) is 11.2. The van der Waals surface area contributed by atoms with Gasteiger partial charge in [0.2, 0.25) is 5.91 Å². The lowest BCUT2D eigenvalue weighted by atomic mass is 9.96. The number of nitrogens with zero attached hydrogens (tertiary/aromatic N) is 3.